The zero-order valence-electron chi connectivity index (χ0n) is 36.2. The number of carbonyl (C=O) groups is 3. The minimum absolute atomic E-state index is 0.00641. The van der Waals surface area contributed by atoms with Gasteiger partial charge in [0.1, 0.15) is 12.2 Å². The van der Waals surface area contributed by atoms with Crippen LogP contribution in [0.1, 0.15) is 265 Å². The van der Waals surface area contributed by atoms with E-state index in [0.717, 1.165) is 116 Å². The van der Waals surface area contributed by atoms with Crippen molar-refractivity contribution in [3.05, 3.63) is 12.2 Å². The van der Waals surface area contributed by atoms with E-state index in [-0.39, 0.29) is 30.6 Å². The summed E-state index contributed by atoms with van der Waals surface area (Å²) in [6, 6.07) is 0. The topological polar surface area (TPSA) is 89.9 Å². The number of carboxylic acid groups (broad SMARTS) is 1. The summed E-state index contributed by atoms with van der Waals surface area (Å²) in [5, 5.41) is 8.82. The average Bonchev–Trinajstić information content (AvgIpc) is 3.15. The summed E-state index contributed by atoms with van der Waals surface area (Å²) in [6.07, 6.45) is 45.6. The second-order valence-corrected chi connectivity index (χ2v) is 16.3. The number of allylic oxidation sites excluding steroid dienone is 2. The SMILES string of the molecule is CCCCCC/C=C/CCCCCCCC(=O)OC(CCCCCCC)CCCCCCCC(=O)OC(CCCCCCC)CCCCCCCC(=O)O. The van der Waals surface area contributed by atoms with Crippen molar-refractivity contribution in [2.24, 2.45) is 0 Å². The van der Waals surface area contributed by atoms with Crippen molar-refractivity contribution in [2.75, 3.05) is 0 Å². The Labute approximate surface area is 335 Å². The Morgan fingerprint density at radius 2 is 0.667 bits per heavy atom. The maximum atomic E-state index is 12.8. The standard InChI is InChI=1S/C48H90O6/c1-4-7-10-13-14-15-16-17-18-19-20-28-35-42-47(51)53-45(38-31-24-12-9-6-3)40-33-26-22-29-36-43-48(52)54-44(37-30-23-11-8-5-2)39-32-25-21-27-34-41-46(49)50/h15-16,44-45H,4-14,17-43H2,1-3H3,(H,49,50)/b16-15+. The molecule has 0 aliphatic carbocycles. The minimum atomic E-state index is -0.714. The van der Waals surface area contributed by atoms with E-state index in [1.807, 2.05) is 0 Å². The van der Waals surface area contributed by atoms with Crippen LogP contribution in [0.2, 0.25) is 0 Å². The van der Waals surface area contributed by atoms with Crippen molar-refractivity contribution in [2.45, 2.75) is 277 Å². The monoisotopic (exact) mass is 763 g/mol. The van der Waals surface area contributed by atoms with E-state index >= 15 is 0 Å². The highest BCUT2D eigenvalue weighted by Gasteiger charge is 2.16. The van der Waals surface area contributed by atoms with E-state index in [0.29, 0.717) is 12.8 Å². The second-order valence-electron chi connectivity index (χ2n) is 16.3. The summed E-state index contributed by atoms with van der Waals surface area (Å²) in [6.45, 7) is 6.73. The summed E-state index contributed by atoms with van der Waals surface area (Å²) in [5.74, 6) is -0.771. The maximum absolute atomic E-state index is 12.8. The summed E-state index contributed by atoms with van der Waals surface area (Å²) in [7, 11) is 0. The Bertz CT molecular complexity index is 854. The van der Waals surface area contributed by atoms with Crippen molar-refractivity contribution in [3.8, 4) is 0 Å². The van der Waals surface area contributed by atoms with Gasteiger partial charge >= 0.3 is 17.9 Å². The highest BCUT2D eigenvalue weighted by Crippen LogP contribution is 2.20. The van der Waals surface area contributed by atoms with Crippen LogP contribution in [-0.4, -0.2) is 35.2 Å². The van der Waals surface area contributed by atoms with Gasteiger partial charge in [-0.2, -0.15) is 0 Å². The van der Waals surface area contributed by atoms with Crippen molar-refractivity contribution in [1.82, 2.24) is 0 Å². The number of carboxylic acids is 1. The van der Waals surface area contributed by atoms with E-state index in [2.05, 4.69) is 32.9 Å². The molecule has 0 bridgehead atoms. The van der Waals surface area contributed by atoms with Crippen LogP contribution in [0.15, 0.2) is 12.2 Å². The molecule has 0 saturated heterocycles. The molecule has 1 N–H and O–H groups in total. The van der Waals surface area contributed by atoms with Crippen molar-refractivity contribution in [1.29, 1.82) is 0 Å². The Kier molecular flexibility index (Phi) is 40.8. The van der Waals surface area contributed by atoms with Gasteiger partial charge in [0.25, 0.3) is 0 Å². The molecule has 0 heterocycles. The van der Waals surface area contributed by atoms with Gasteiger partial charge in [-0.25, -0.2) is 0 Å². The molecular formula is C48H90O6. The van der Waals surface area contributed by atoms with E-state index < -0.39 is 5.97 Å². The van der Waals surface area contributed by atoms with Crippen LogP contribution in [0.5, 0.6) is 0 Å². The van der Waals surface area contributed by atoms with Crippen LogP contribution in [0, 0.1) is 0 Å². The van der Waals surface area contributed by atoms with Gasteiger partial charge in [-0.15, -0.1) is 0 Å². The van der Waals surface area contributed by atoms with Gasteiger partial charge in [0.15, 0.2) is 0 Å². The molecule has 0 rings (SSSR count). The Balaban J connectivity index is 4.33. The molecule has 6 heteroatoms. The van der Waals surface area contributed by atoms with Crippen LogP contribution < -0.4 is 0 Å². The molecular weight excluding hydrogens is 673 g/mol. The third kappa shape index (κ3) is 39.8. The molecule has 0 radical (unpaired) electrons. The van der Waals surface area contributed by atoms with Gasteiger partial charge in [-0.3, -0.25) is 14.4 Å². The first-order valence-electron chi connectivity index (χ1n) is 23.7. The highest BCUT2D eigenvalue weighted by atomic mass is 16.5. The van der Waals surface area contributed by atoms with E-state index in [1.54, 1.807) is 0 Å². The van der Waals surface area contributed by atoms with E-state index in [9.17, 15) is 14.4 Å². The zero-order valence-corrected chi connectivity index (χ0v) is 36.2. The Morgan fingerprint density at radius 3 is 1.02 bits per heavy atom. The number of ether oxygens (including phenoxy) is 2. The molecule has 318 valence electrons. The normalized spacial score (nSPS) is 12.6. The summed E-state index contributed by atoms with van der Waals surface area (Å²) in [4.78, 5) is 36.2. The lowest BCUT2D eigenvalue weighted by atomic mass is 10.0. The number of unbranched alkanes of at least 4 members (excludes halogenated alkanes) is 25. The first-order valence-corrected chi connectivity index (χ1v) is 23.7. The largest absolute Gasteiger partial charge is 0.481 e. The lowest BCUT2D eigenvalue weighted by molar-refractivity contribution is -0.151. The molecule has 2 atom stereocenters. The van der Waals surface area contributed by atoms with Crippen LogP contribution in [0.25, 0.3) is 0 Å². The van der Waals surface area contributed by atoms with Crippen LogP contribution in [-0.2, 0) is 23.9 Å². The molecule has 0 saturated carbocycles. The summed E-state index contributed by atoms with van der Waals surface area (Å²) >= 11 is 0. The number of hydrogen-bond acceptors (Lipinski definition) is 5. The molecule has 0 amide bonds. The fraction of sp³-hybridized carbons (Fsp3) is 0.896. The lowest BCUT2D eigenvalue weighted by Crippen LogP contribution is -2.18. The molecule has 0 aromatic carbocycles. The first kappa shape index (κ1) is 52.2. The fourth-order valence-electron chi connectivity index (χ4n) is 7.30. The molecule has 6 nitrogen and oxygen atoms in total. The van der Waals surface area contributed by atoms with Crippen LogP contribution in [0.3, 0.4) is 0 Å². The molecule has 0 spiro atoms. The zero-order chi connectivity index (χ0) is 39.6. The highest BCUT2D eigenvalue weighted by molar-refractivity contribution is 5.69. The lowest BCUT2D eigenvalue weighted by Gasteiger charge is -2.18. The van der Waals surface area contributed by atoms with Crippen LogP contribution in [0.4, 0.5) is 0 Å². The Hall–Kier alpha value is -1.85. The maximum Gasteiger partial charge on any atom is 0.306 e. The van der Waals surface area contributed by atoms with Gasteiger partial charge in [0, 0.05) is 19.3 Å². The predicted octanol–water partition coefficient (Wildman–Crippen LogP) is 15.3. The van der Waals surface area contributed by atoms with E-state index in [1.165, 1.54) is 109 Å². The number of aliphatic carboxylic acids is 1. The summed E-state index contributed by atoms with van der Waals surface area (Å²) < 4.78 is 12.0. The van der Waals surface area contributed by atoms with Crippen LogP contribution >= 0.6 is 0 Å². The number of hydrogen-bond donors (Lipinski definition) is 1. The third-order valence-corrected chi connectivity index (χ3v) is 10.8. The van der Waals surface area contributed by atoms with E-state index in [4.69, 9.17) is 14.6 Å². The van der Waals surface area contributed by atoms with Crippen molar-refractivity contribution < 1.29 is 29.0 Å². The second kappa shape index (κ2) is 42.3. The summed E-state index contributed by atoms with van der Waals surface area (Å²) in [5.41, 5.74) is 0. The number of rotatable bonds is 43. The number of esters is 2. The van der Waals surface area contributed by atoms with Gasteiger partial charge in [-0.1, -0.05) is 161 Å². The number of carbonyl (C=O) groups excluding carboxylic acids is 2. The molecule has 0 aromatic rings. The molecule has 2 unspecified atom stereocenters. The molecule has 0 aliphatic rings. The third-order valence-electron chi connectivity index (χ3n) is 10.8. The van der Waals surface area contributed by atoms with Crippen molar-refractivity contribution >= 4 is 17.9 Å². The van der Waals surface area contributed by atoms with Gasteiger partial charge < -0.3 is 14.6 Å². The molecule has 0 aromatic heterocycles. The molecule has 0 aliphatic heterocycles. The van der Waals surface area contributed by atoms with Crippen molar-refractivity contribution in [3.63, 3.8) is 0 Å². The first-order chi connectivity index (χ1) is 26.4. The molecule has 54 heavy (non-hydrogen) atoms. The predicted molar refractivity (Wildman–Crippen MR) is 229 cm³/mol. The molecule has 0 fully saturated rings. The quantitative estimate of drug-likeness (QED) is 0.0378. The smallest absolute Gasteiger partial charge is 0.306 e. The van der Waals surface area contributed by atoms with Gasteiger partial charge in [0.2, 0.25) is 0 Å². The minimum Gasteiger partial charge on any atom is -0.481 e. The Morgan fingerprint density at radius 1 is 0.389 bits per heavy atom. The van der Waals surface area contributed by atoms with Gasteiger partial charge in [0.05, 0.1) is 0 Å². The van der Waals surface area contributed by atoms with Gasteiger partial charge in [-0.05, 0) is 96.3 Å². The average molecular weight is 763 g/mol. The fourth-order valence-corrected chi connectivity index (χ4v) is 7.30.